The van der Waals surface area contributed by atoms with Crippen LogP contribution in [0.2, 0.25) is 0 Å². The monoisotopic (exact) mass is 577 g/mol. The molecule has 4 rings (SSSR count). The number of fused-ring (bicyclic) bond motifs is 1. The van der Waals surface area contributed by atoms with E-state index in [0.717, 1.165) is 61.7 Å². The number of rotatable bonds is 9. The fourth-order valence-electron chi connectivity index (χ4n) is 6.52. The molecule has 2 fully saturated rings. The van der Waals surface area contributed by atoms with E-state index in [1.54, 1.807) is 0 Å². The van der Waals surface area contributed by atoms with Gasteiger partial charge in [0.25, 0.3) is 0 Å². The average molecular weight is 578 g/mol. The largest absolute Gasteiger partial charge is 0.342 e. The lowest BCUT2D eigenvalue weighted by atomic mass is 9.84. The van der Waals surface area contributed by atoms with Crippen molar-refractivity contribution in [3.8, 4) is 0 Å². The van der Waals surface area contributed by atoms with Crippen molar-refractivity contribution in [3.63, 3.8) is 0 Å². The van der Waals surface area contributed by atoms with Gasteiger partial charge in [0.2, 0.25) is 17.7 Å². The summed E-state index contributed by atoms with van der Waals surface area (Å²) >= 11 is 0. The molecule has 2 aromatic rings. The molecule has 0 radical (unpaired) electrons. The van der Waals surface area contributed by atoms with Crippen molar-refractivity contribution >= 4 is 34.2 Å². The van der Waals surface area contributed by atoms with Gasteiger partial charge < -0.3 is 15.5 Å². The van der Waals surface area contributed by atoms with Crippen molar-refractivity contribution in [2.24, 2.45) is 11.3 Å². The molecule has 2 aromatic carbocycles. The summed E-state index contributed by atoms with van der Waals surface area (Å²) in [5, 5.41) is 8.52. The van der Waals surface area contributed by atoms with Gasteiger partial charge in [-0.2, -0.15) is 0 Å². The van der Waals surface area contributed by atoms with Crippen molar-refractivity contribution in [3.05, 3.63) is 42.5 Å². The number of piperidine rings is 1. The smallest absolute Gasteiger partial charge is 0.245 e. The van der Waals surface area contributed by atoms with Crippen molar-refractivity contribution < 1.29 is 14.4 Å². The fraction of sp³-hybridized carbons (Fsp3) is 0.618. The van der Waals surface area contributed by atoms with Gasteiger partial charge in [-0.15, -0.1) is 0 Å². The van der Waals surface area contributed by atoms with Crippen LogP contribution in [0.4, 0.5) is 5.69 Å². The molecule has 42 heavy (non-hydrogen) atoms. The van der Waals surface area contributed by atoms with E-state index < -0.39 is 11.5 Å². The second-order valence-corrected chi connectivity index (χ2v) is 13.8. The SMILES string of the molecule is CC(C)[C@@H](CN1CCC[C@H]1C(=O)Nc1ccc2ccccc2c1)N(C)C(=O)[C@@H](NC(=O)[C@H]1CCCCN1C)C(C)(C)C. The number of hydrogen-bond donors (Lipinski definition) is 2. The van der Waals surface area contributed by atoms with E-state index in [2.05, 4.69) is 40.3 Å². The van der Waals surface area contributed by atoms with Crippen LogP contribution in [0, 0.1) is 11.3 Å². The highest BCUT2D eigenvalue weighted by atomic mass is 16.2. The van der Waals surface area contributed by atoms with Gasteiger partial charge in [-0.3, -0.25) is 24.2 Å². The summed E-state index contributed by atoms with van der Waals surface area (Å²) in [7, 11) is 3.84. The van der Waals surface area contributed by atoms with Gasteiger partial charge in [-0.1, -0.05) is 71.4 Å². The molecule has 2 aliphatic heterocycles. The van der Waals surface area contributed by atoms with Gasteiger partial charge in [0.05, 0.1) is 12.1 Å². The van der Waals surface area contributed by atoms with E-state index in [4.69, 9.17) is 0 Å². The number of amides is 3. The van der Waals surface area contributed by atoms with Crippen LogP contribution in [0.5, 0.6) is 0 Å². The Labute approximate surface area is 252 Å². The van der Waals surface area contributed by atoms with Crippen molar-refractivity contribution in [2.75, 3.05) is 39.0 Å². The minimum absolute atomic E-state index is 0.00398. The van der Waals surface area contributed by atoms with Crippen LogP contribution in [0.3, 0.4) is 0 Å². The van der Waals surface area contributed by atoms with Gasteiger partial charge in [-0.05, 0) is 80.1 Å². The third-order valence-corrected chi connectivity index (χ3v) is 9.19. The standard InChI is InChI=1S/C34H51N5O3/c1-23(2)29(38(7)33(42)30(34(3,4)5)36-31(40)27-15-10-11-19-37(27)6)22-39-20-12-16-28(39)32(41)35-26-18-17-24-13-8-9-14-25(24)21-26/h8-9,13-14,17-18,21,23,27-30H,10-12,15-16,19-20,22H2,1-7H3,(H,35,41)(H,36,40)/t27-,28+,29-,30-/m1/s1. The van der Waals surface area contributed by atoms with Gasteiger partial charge in [0, 0.05) is 25.3 Å². The average Bonchev–Trinajstić information content (AvgIpc) is 3.42. The zero-order valence-corrected chi connectivity index (χ0v) is 26.7. The predicted molar refractivity (Wildman–Crippen MR) is 170 cm³/mol. The quantitative estimate of drug-likeness (QED) is 0.450. The van der Waals surface area contributed by atoms with Gasteiger partial charge in [0.1, 0.15) is 6.04 Å². The second-order valence-electron chi connectivity index (χ2n) is 13.8. The second kappa shape index (κ2) is 13.6. The van der Waals surface area contributed by atoms with Crippen molar-refractivity contribution in [1.82, 2.24) is 20.0 Å². The Morgan fingerprint density at radius 3 is 2.29 bits per heavy atom. The molecule has 0 bridgehead atoms. The molecule has 2 saturated heterocycles. The highest BCUT2D eigenvalue weighted by Crippen LogP contribution is 2.27. The predicted octanol–water partition coefficient (Wildman–Crippen LogP) is 4.74. The minimum Gasteiger partial charge on any atom is -0.342 e. The maximum atomic E-state index is 14.1. The first-order valence-corrected chi connectivity index (χ1v) is 15.7. The molecule has 230 valence electrons. The molecular formula is C34H51N5O3. The van der Waals surface area contributed by atoms with Gasteiger partial charge >= 0.3 is 0 Å². The lowest BCUT2D eigenvalue weighted by Crippen LogP contribution is -2.61. The zero-order chi connectivity index (χ0) is 30.6. The van der Waals surface area contributed by atoms with E-state index in [-0.39, 0.29) is 41.8 Å². The summed E-state index contributed by atoms with van der Waals surface area (Å²) in [6.07, 6.45) is 4.66. The van der Waals surface area contributed by atoms with Crippen LogP contribution in [0.1, 0.15) is 66.7 Å². The van der Waals surface area contributed by atoms with E-state index >= 15 is 0 Å². The summed E-state index contributed by atoms with van der Waals surface area (Å²) in [5.41, 5.74) is 0.344. The molecule has 2 heterocycles. The molecular weight excluding hydrogens is 526 g/mol. The lowest BCUT2D eigenvalue weighted by molar-refractivity contribution is -0.142. The minimum atomic E-state index is -0.642. The van der Waals surface area contributed by atoms with Crippen LogP contribution < -0.4 is 10.6 Å². The number of anilines is 1. The number of nitrogens with one attached hydrogen (secondary N) is 2. The Hall–Kier alpha value is -2.97. The molecule has 0 saturated carbocycles. The summed E-state index contributed by atoms with van der Waals surface area (Å²) in [4.78, 5) is 47.0. The maximum Gasteiger partial charge on any atom is 0.245 e. The van der Waals surface area contributed by atoms with Crippen LogP contribution in [0.15, 0.2) is 42.5 Å². The van der Waals surface area contributed by atoms with Crippen LogP contribution in [0.25, 0.3) is 10.8 Å². The number of likely N-dealkylation sites (tertiary alicyclic amines) is 2. The Bertz CT molecular complexity index is 1260. The molecule has 0 aromatic heterocycles. The molecule has 3 amide bonds. The topological polar surface area (TPSA) is 85.0 Å². The lowest BCUT2D eigenvalue weighted by Gasteiger charge is -2.41. The first kappa shape index (κ1) is 32.0. The molecule has 8 nitrogen and oxygen atoms in total. The highest BCUT2D eigenvalue weighted by molar-refractivity contribution is 5.97. The summed E-state index contributed by atoms with van der Waals surface area (Å²) < 4.78 is 0. The zero-order valence-electron chi connectivity index (χ0n) is 26.7. The van der Waals surface area contributed by atoms with E-state index in [0.29, 0.717) is 6.54 Å². The Kier molecular flexibility index (Phi) is 10.3. The van der Waals surface area contributed by atoms with Crippen LogP contribution in [-0.4, -0.2) is 90.3 Å². The highest BCUT2D eigenvalue weighted by Gasteiger charge is 2.41. The van der Waals surface area contributed by atoms with Crippen LogP contribution in [-0.2, 0) is 14.4 Å². The Morgan fingerprint density at radius 2 is 1.62 bits per heavy atom. The molecule has 0 unspecified atom stereocenters. The van der Waals surface area contributed by atoms with Gasteiger partial charge in [-0.25, -0.2) is 0 Å². The Morgan fingerprint density at radius 1 is 0.929 bits per heavy atom. The first-order chi connectivity index (χ1) is 19.9. The number of likely N-dealkylation sites (N-methyl/N-ethyl adjacent to an activating group) is 2. The van der Waals surface area contributed by atoms with Crippen molar-refractivity contribution in [2.45, 2.75) is 90.9 Å². The van der Waals surface area contributed by atoms with E-state index in [9.17, 15) is 14.4 Å². The molecule has 2 aliphatic rings. The number of nitrogens with zero attached hydrogens (tertiary/aromatic N) is 3. The van der Waals surface area contributed by atoms with E-state index in [1.165, 1.54) is 0 Å². The molecule has 2 N–H and O–H groups in total. The number of carbonyl (C=O) groups excluding carboxylic acids is 3. The van der Waals surface area contributed by atoms with E-state index in [1.807, 2.05) is 76.2 Å². The fourth-order valence-corrected chi connectivity index (χ4v) is 6.52. The summed E-state index contributed by atoms with van der Waals surface area (Å²) in [5.74, 6) is 0.0227. The third kappa shape index (κ3) is 7.51. The molecule has 0 spiro atoms. The third-order valence-electron chi connectivity index (χ3n) is 9.19. The first-order valence-electron chi connectivity index (χ1n) is 15.7. The molecule has 4 atom stereocenters. The molecule has 0 aliphatic carbocycles. The Balaban J connectivity index is 1.45. The van der Waals surface area contributed by atoms with Gasteiger partial charge in [0.15, 0.2) is 0 Å². The molecule has 8 heteroatoms. The number of benzene rings is 2. The van der Waals surface area contributed by atoms with Crippen LogP contribution >= 0.6 is 0 Å². The maximum absolute atomic E-state index is 14.1. The number of hydrogen-bond acceptors (Lipinski definition) is 5. The normalized spacial score (nSPS) is 21.7. The summed E-state index contributed by atoms with van der Waals surface area (Å²) in [6, 6.07) is 12.9. The summed E-state index contributed by atoms with van der Waals surface area (Å²) in [6.45, 7) is 12.6. The van der Waals surface area contributed by atoms with Crippen molar-refractivity contribution in [1.29, 1.82) is 0 Å². The number of carbonyl (C=O) groups is 3.